The fourth-order valence-electron chi connectivity index (χ4n) is 3.72. The molecule has 0 aliphatic carbocycles. The maximum atomic E-state index is 4.40. The molecule has 1 aromatic heterocycles. The molecule has 2 aliphatic rings. The van der Waals surface area contributed by atoms with Crippen molar-refractivity contribution in [3.05, 3.63) is 42.1 Å². The van der Waals surface area contributed by atoms with Crippen molar-refractivity contribution in [1.82, 2.24) is 20.1 Å². The molecule has 4 nitrogen and oxygen atoms in total. The minimum absolute atomic E-state index is 0.772. The van der Waals surface area contributed by atoms with Crippen molar-refractivity contribution in [1.29, 1.82) is 0 Å². The van der Waals surface area contributed by atoms with E-state index in [2.05, 4.69) is 44.4 Å². The van der Waals surface area contributed by atoms with Crippen LogP contribution in [-0.4, -0.2) is 60.1 Å². The molecule has 2 fully saturated rings. The van der Waals surface area contributed by atoms with Gasteiger partial charge in [0.2, 0.25) is 0 Å². The van der Waals surface area contributed by atoms with Crippen LogP contribution in [0.4, 0.5) is 0 Å². The highest BCUT2D eigenvalue weighted by atomic mass is 15.3. The lowest BCUT2D eigenvalue weighted by atomic mass is 10.1. The molecular weight excluding hydrogens is 272 g/mol. The van der Waals surface area contributed by atoms with Gasteiger partial charge in [0.25, 0.3) is 0 Å². The van der Waals surface area contributed by atoms with Crippen LogP contribution in [0.3, 0.4) is 0 Å². The predicted molar refractivity (Wildman–Crippen MR) is 89.9 cm³/mol. The minimum atomic E-state index is 0.772. The van der Waals surface area contributed by atoms with Gasteiger partial charge in [-0.1, -0.05) is 12.1 Å². The second kappa shape index (κ2) is 6.32. The van der Waals surface area contributed by atoms with E-state index in [0.29, 0.717) is 0 Å². The first kappa shape index (κ1) is 14.1. The van der Waals surface area contributed by atoms with Crippen LogP contribution >= 0.6 is 0 Å². The van der Waals surface area contributed by atoms with E-state index in [1.54, 1.807) is 0 Å². The van der Waals surface area contributed by atoms with Crippen molar-refractivity contribution in [3.8, 4) is 0 Å². The molecule has 0 bridgehead atoms. The SMILES string of the molecule is c1cnc2ccc(CN3CCN(C4CCNC4)CC3)cc2c1. The molecule has 1 N–H and O–H groups in total. The van der Waals surface area contributed by atoms with Crippen molar-refractivity contribution < 1.29 is 0 Å². The highest BCUT2D eigenvalue weighted by molar-refractivity contribution is 5.78. The monoisotopic (exact) mass is 296 g/mol. The Morgan fingerprint density at radius 2 is 2.05 bits per heavy atom. The molecule has 116 valence electrons. The fraction of sp³-hybridized carbons (Fsp3) is 0.500. The van der Waals surface area contributed by atoms with Gasteiger partial charge < -0.3 is 5.32 Å². The second-order valence-electron chi connectivity index (χ2n) is 6.49. The Balaban J connectivity index is 1.37. The van der Waals surface area contributed by atoms with E-state index in [9.17, 15) is 0 Å². The predicted octanol–water partition coefficient (Wildman–Crippen LogP) is 1.71. The normalized spacial score (nSPS) is 24.1. The Labute approximate surface area is 132 Å². The average molecular weight is 296 g/mol. The van der Waals surface area contributed by atoms with E-state index in [1.165, 1.54) is 56.6 Å². The lowest BCUT2D eigenvalue weighted by molar-refractivity contribution is 0.0981. The molecule has 0 spiro atoms. The summed E-state index contributed by atoms with van der Waals surface area (Å²) in [5, 5.41) is 4.72. The van der Waals surface area contributed by atoms with Gasteiger partial charge >= 0.3 is 0 Å². The molecule has 2 aromatic rings. The minimum Gasteiger partial charge on any atom is -0.315 e. The molecule has 1 unspecified atom stereocenters. The molecule has 0 radical (unpaired) electrons. The van der Waals surface area contributed by atoms with E-state index in [4.69, 9.17) is 0 Å². The standard InChI is InChI=1S/C18H24N4/c1-2-16-12-15(3-4-18(16)20-6-1)14-21-8-10-22(11-9-21)17-5-7-19-13-17/h1-4,6,12,17,19H,5,7-11,13-14H2. The van der Waals surface area contributed by atoms with E-state index in [1.807, 2.05) is 12.3 Å². The number of hydrogen-bond acceptors (Lipinski definition) is 4. The Bertz CT molecular complexity index is 628. The van der Waals surface area contributed by atoms with Gasteiger partial charge in [0, 0.05) is 56.9 Å². The number of fused-ring (bicyclic) bond motifs is 1. The third-order valence-electron chi connectivity index (χ3n) is 5.03. The second-order valence-corrected chi connectivity index (χ2v) is 6.49. The molecule has 0 saturated carbocycles. The first-order valence-corrected chi connectivity index (χ1v) is 8.39. The number of rotatable bonds is 3. The number of nitrogens with one attached hydrogen (secondary N) is 1. The lowest BCUT2D eigenvalue weighted by Gasteiger charge is -2.37. The number of piperazine rings is 1. The lowest BCUT2D eigenvalue weighted by Crippen LogP contribution is -2.50. The topological polar surface area (TPSA) is 31.4 Å². The maximum absolute atomic E-state index is 4.40. The molecule has 4 heteroatoms. The van der Waals surface area contributed by atoms with Gasteiger partial charge in [0.15, 0.2) is 0 Å². The van der Waals surface area contributed by atoms with Gasteiger partial charge in [-0.3, -0.25) is 14.8 Å². The first-order valence-electron chi connectivity index (χ1n) is 8.39. The van der Waals surface area contributed by atoms with E-state index in [0.717, 1.165) is 18.1 Å². The van der Waals surface area contributed by atoms with Gasteiger partial charge in [0.1, 0.15) is 0 Å². The van der Waals surface area contributed by atoms with Crippen LogP contribution in [-0.2, 0) is 6.54 Å². The van der Waals surface area contributed by atoms with Gasteiger partial charge in [0.05, 0.1) is 5.52 Å². The quantitative estimate of drug-likeness (QED) is 0.934. The zero-order valence-electron chi connectivity index (χ0n) is 13.0. The van der Waals surface area contributed by atoms with E-state index >= 15 is 0 Å². The largest absolute Gasteiger partial charge is 0.315 e. The summed E-state index contributed by atoms with van der Waals surface area (Å²) in [5.41, 5.74) is 2.49. The van der Waals surface area contributed by atoms with E-state index < -0.39 is 0 Å². The van der Waals surface area contributed by atoms with Crippen molar-refractivity contribution in [3.63, 3.8) is 0 Å². The summed E-state index contributed by atoms with van der Waals surface area (Å²) in [6.45, 7) is 8.21. The van der Waals surface area contributed by atoms with Crippen LogP contribution in [0.2, 0.25) is 0 Å². The highest BCUT2D eigenvalue weighted by Gasteiger charge is 2.25. The maximum Gasteiger partial charge on any atom is 0.0702 e. The average Bonchev–Trinajstić information content (AvgIpc) is 3.10. The van der Waals surface area contributed by atoms with Gasteiger partial charge in [-0.2, -0.15) is 0 Å². The fourth-order valence-corrected chi connectivity index (χ4v) is 3.72. The van der Waals surface area contributed by atoms with Crippen molar-refractivity contribution in [2.75, 3.05) is 39.3 Å². The summed E-state index contributed by atoms with van der Waals surface area (Å²) in [4.78, 5) is 9.64. The molecule has 0 amide bonds. The van der Waals surface area contributed by atoms with Crippen LogP contribution in [0, 0.1) is 0 Å². The number of pyridine rings is 1. The van der Waals surface area contributed by atoms with E-state index in [-0.39, 0.29) is 0 Å². The molecule has 3 heterocycles. The summed E-state index contributed by atoms with van der Waals surface area (Å²) < 4.78 is 0. The Morgan fingerprint density at radius 1 is 1.14 bits per heavy atom. The van der Waals surface area contributed by atoms with Crippen LogP contribution in [0.15, 0.2) is 36.5 Å². The molecule has 4 rings (SSSR count). The smallest absolute Gasteiger partial charge is 0.0702 e. The summed E-state index contributed by atoms with van der Waals surface area (Å²) in [6.07, 6.45) is 3.18. The molecule has 2 aliphatic heterocycles. The van der Waals surface area contributed by atoms with Crippen molar-refractivity contribution >= 4 is 10.9 Å². The Kier molecular flexibility index (Phi) is 4.06. The molecule has 2 saturated heterocycles. The van der Waals surface area contributed by atoms with Gasteiger partial charge in [-0.15, -0.1) is 0 Å². The Morgan fingerprint density at radius 3 is 2.86 bits per heavy atom. The van der Waals surface area contributed by atoms with Crippen LogP contribution in [0.5, 0.6) is 0 Å². The first-order chi connectivity index (χ1) is 10.9. The highest BCUT2D eigenvalue weighted by Crippen LogP contribution is 2.17. The third-order valence-corrected chi connectivity index (χ3v) is 5.03. The summed E-state index contributed by atoms with van der Waals surface area (Å²) in [6, 6.07) is 11.6. The van der Waals surface area contributed by atoms with Gasteiger partial charge in [-0.05, 0) is 36.7 Å². The molecule has 22 heavy (non-hydrogen) atoms. The van der Waals surface area contributed by atoms with Crippen molar-refractivity contribution in [2.45, 2.75) is 19.0 Å². The summed E-state index contributed by atoms with van der Waals surface area (Å²) in [7, 11) is 0. The number of hydrogen-bond donors (Lipinski definition) is 1. The van der Waals surface area contributed by atoms with Gasteiger partial charge in [-0.25, -0.2) is 0 Å². The zero-order valence-corrected chi connectivity index (χ0v) is 13.0. The summed E-state index contributed by atoms with van der Waals surface area (Å²) >= 11 is 0. The molecule has 1 atom stereocenters. The number of aromatic nitrogens is 1. The summed E-state index contributed by atoms with van der Waals surface area (Å²) in [5.74, 6) is 0. The molecule has 1 aromatic carbocycles. The zero-order chi connectivity index (χ0) is 14.8. The number of benzene rings is 1. The Hall–Kier alpha value is -1.49. The van der Waals surface area contributed by atoms with Crippen LogP contribution in [0.1, 0.15) is 12.0 Å². The molecular formula is C18H24N4. The third kappa shape index (κ3) is 3.00. The van der Waals surface area contributed by atoms with Crippen LogP contribution in [0.25, 0.3) is 10.9 Å². The van der Waals surface area contributed by atoms with Crippen LogP contribution < -0.4 is 5.32 Å². The number of nitrogens with zero attached hydrogens (tertiary/aromatic N) is 3. The van der Waals surface area contributed by atoms with Crippen molar-refractivity contribution in [2.24, 2.45) is 0 Å².